The van der Waals surface area contributed by atoms with Gasteiger partial charge in [-0.05, 0) is 85.5 Å². The molecule has 4 fully saturated rings. The molecule has 4 nitrogen and oxygen atoms in total. The minimum atomic E-state index is -0.429. The van der Waals surface area contributed by atoms with E-state index in [-0.39, 0.29) is 45.8 Å². The van der Waals surface area contributed by atoms with Crippen LogP contribution in [0.4, 0.5) is 0 Å². The van der Waals surface area contributed by atoms with Crippen LogP contribution >= 0.6 is 0 Å². The third-order valence-corrected chi connectivity index (χ3v) is 13.1. The van der Waals surface area contributed by atoms with Gasteiger partial charge >= 0.3 is 5.97 Å². The fourth-order valence-corrected chi connectivity index (χ4v) is 10.4. The Kier molecular flexibility index (Phi) is 4.51. The van der Waals surface area contributed by atoms with E-state index in [2.05, 4.69) is 53.7 Å². The largest absolute Gasteiger partial charge is 0.461 e. The Bertz CT molecular complexity index is 1010. The van der Waals surface area contributed by atoms with Crippen LogP contribution in [0, 0.1) is 44.3 Å². The number of hydrogen-bond donors (Lipinski definition) is 2. The number of carbonyl (C=O) groups excluding carboxylic acids is 1. The second-order valence-corrected chi connectivity index (χ2v) is 14.5. The maximum atomic E-state index is 12.8. The molecule has 5 aliphatic carbocycles. The zero-order chi connectivity index (χ0) is 24.5. The standard InChI is InChI=1S/C30H44O4/c1-25-15-19-18-7-8-21-27(3)11-10-22(32)28(4,17-31)20(27)9-12-30(21,6)29(18,5)14-13-26(19,2)23(16-25)34-24(25)33/h7-8,20-23,31-32H,9-17H2,1-6H3/t20-,21-,22+,23-,25-,26-,27+,28-,29-,30-/m1/s1. The van der Waals surface area contributed by atoms with Crippen molar-refractivity contribution in [2.45, 2.75) is 105 Å². The number of aliphatic hydroxyl groups is 2. The molecule has 1 heterocycles. The summed E-state index contributed by atoms with van der Waals surface area (Å²) >= 11 is 0. The molecule has 0 radical (unpaired) electrons. The van der Waals surface area contributed by atoms with Crippen LogP contribution in [0.1, 0.15) is 92.9 Å². The number of allylic oxidation sites excluding steroid dienone is 3. The second kappa shape index (κ2) is 6.59. The van der Waals surface area contributed by atoms with E-state index in [9.17, 15) is 15.0 Å². The molecule has 188 valence electrons. The molecule has 6 aliphatic rings. The summed E-state index contributed by atoms with van der Waals surface area (Å²) in [5.41, 5.74) is 2.40. The van der Waals surface area contributed by atoms with Crippen molar-refractivity contribution in [3.63, 3.8) is 0 Å². The van der Waals surface area contributed by atoms with Gasteiger partial charge < -0.3 is 14.9 Å². The highest BCUT2D eigenvalue weighted by atomic mass is 16.6. The quantitative estimate of drug-likeness (QED) is 0.493. The van der Waals surface area contributed by atoms with Crippen LogP contribution in [-0.4, -0.2) is 35.0 Å². The fourth-order valence-electron chi connectivity index (χ4n) is 10.4. The first kappa shape index (κ1) is 23.3. The predicted molar refractivity (Wildman–Crippen MR) is 132 cm³/mol. The van der Waals surface area contributed by atoms with Crippen molar-refractivity contribution in [3.8, 4) is 0 Å². The highest BCUT2D eigenvalue weighted by Gasteiger charge is 2.69. The van der Waals surface area contributed by atoms with Gasteiger partial charge in [0, 0.05) is 17.3 Å². The summed E-state index contributed by atoms with van der Waals surface area (Å²) in [4.78, 5) is 12.8. The Hall–Kier alpha value is -1.13. The van der Waals surface area contributed by atoms with E-state index >= 15 is 0 Å². The molecule has 34 heavy (non-hydrogen) atoms. The van der Waals surface area contributed by atoms with Crippen molar-refractivity contribution in [2.75, 3.05) is 6.61 Å². The Morgan fingerprint density at radius 2 is 1.76 bits per heavy atom. The summed E-state index contributed by atoms with van der Waals surface area (Å²) in [6.45, 7) is 14.1. The van der Waals surface area contributed by atoms with Gasteiger partial charge in [-0.15, -0.1) is 0 Å². The van der Waals surface area contributed by atoms with E-state index in [0.29, 0.717) is 11.8 Å². The maximum Gasteiger partial charge on any atom is 0.312 e. The lowest BCUT2D eigenvalue weighted by molar-refractivity contribution is -0.198. The van der Waals surface area contributed by atoms with Crippen LogP contribution in [0.15, 0.2) is 23.3 Å². The van der Waals surface area contributed by atoms with Gasteiger partial charge in [0.05, 0.1) is 18.1 Å². The summed E-state index contributed by atoms with van der Waals surface area (Å²) in [6, 6.07) is 0. The second-order valence-electron chi connectivity index (χ2n) is 14.5. The zero-order valence-electron chi connectivity index (χ0n) is 22.0. The van der Waals surface area contributed by atoms with Crippen LogP contribution < -0.4 is 0 Å². The lowest BCUT2D eigenvalue weighted by atomic mass is 9.35. The molecule has 1 aliphatic heterocycles. The Morgan fingerprint density at radius 1 is 1.03 bits per heavy atom. The van der Waals surface area contributed by atoms with E-state index in [4.69, 9.17) is 4.74 Å². The SMILES string of the molecule is C[C@@]12CC3=C4C=C[C@@H]5[C@@]6(C)CC[C@H](O)[C@](C)(CO)[C@@H]6CC[C@@]5(C)[C@]4(C)CC[C@@]3(C)[C@@H](C1)OC2=O. The van der Waals surface area contributed by atoms with Gasteiger partial charge in [-0.3, -0.25) is 4.79 Å². The van der Waals surface area contributed by atoms with Crippen molar-refractivity contribution < 1.29 is 19.7 Å². The molecule has 6 rings (SSSR count). The number of rotatable bonds is 1. The maximum absolute atomic E-state index is 12.8. The molecule has 0 unspecified atom stereocenters. The number of carbonyl (C=O) groups is 1. The van der Waals surface area contributed by atoms with E-state index in [1.807, 2.05) is 0 Å². The lowest BCUT2D eigenvalue weighted by Gasteiger charge is -2.69. The molecule has 0 spiro atoms. The minimum Gasteiger partial charge on any atom is -0.461 e. The van der Waals surface area contributed by atoms with Crippen molar-refractivity contribution in [2.24, 2.45) is 44.3 Å². The topological polar surface area (TPSA) is 66.8 Å². The molecule has 0 aromatic heterocycles. The number of ether oxygens (including phenoxy) is 1. The Balaban J connectivity index is 1.50. The summed E-state index contributed by atoms with van der Waals surface area (Å²) in [7, 11) is 0. The molecule has 4 heteroatoms. The number of aliphatic hydroxyl groups excluding tert-OH is 2. The summed E-state index contributed by atoms with van der Waals surface area (Å²) in [5.74, 6) is 0.743. The fraction of sp³-hybridized carbons (Fsp3) is 0.833. The Morgan fingerprint density at radius 3 is 2.47 bits per heavy atom. The predicted octanol–water partition coefficient (Wildman–Crippen LogP) is 5.58. The first-order chi connectivity index (χ1) is 15.8. The van der Waals surface area contributed by atoms with Gasteiger partial charge in [-0.2, -0.15) is 0 Å². The van der Waals surface area contributed by atoms with Gasteiger partial charge in [0.15, 0.2) is 0 Å². The highest BCUT2D eigenvalue weighted by molar-refractivity contribution is 5.80. The first-order valence-corrected chi connectivity index (χ1v) is 13.7. The number of fused-ring (bicyclic) bond motifs is 9. The van der Waals surface area contributed by atoms with Gasteiger partial charge in [-0.25, -0.2) is 0 Å². The monoisotopic (exact) mass is 468 g/mol. The smallest absolute Gasteiger partial charge is 0.312 e. The van der Waals surface area contributed by atoms with Crippen molar-refractivity contribution in [1.29, 1.82) is 0 Å². The molecule has 2 N–H and O–H groups in total. The molecule has 0 amide bonds. The molecule has 3 saturated carbocycles. The summed E-state index contributed by atoms with van der Waals surface area (Å²) in [5, 5.41) is 21.3. The minimum absolute atomic E-state index is 0.00359. The normalized spacial score (nSPS) is 57.9. The van der Waals surface area contributed by atoms with Crippen molar-refractivity contribution in [1.82, 2.24) is 0 Å². The molecule has 0 aromatic carbocycles. The Labute approximate surface area is 205 Å². The summed E-state index contributed by atoms with van der Waals surface area (Å²) < 4.78 is 5.99. The van der Waals surface area contributed by atoms with E-state index < -0.39 is 11.5 Å². The molecular weight excluding hydrogens is 424 g/mol. The lowest BCUT2D eigenvalue weighted by Crippen LogP contribution is -2.64. The number of esters is 1. The first-order valence-electron chi connectivity index (χ1n) is 13.7. The molecule has 1 saturated heterocycles. The molecular formula is C30H44O4. The molecule has 2 bridgehead atoms. The third kappa shape index (κ3) is 2.41. The van der Waals surface area contributed by atoms with Gasteiger partial charge in [0.2, 0.25) is 0 Å². The number of hydrogen-bond acceptors (Lipinski definition) is 4. The van der Waals surface area contributed by atoms with Crippen LogP contribution in [0.5, 0.6) is 0 Å². The molecule has 10 atom stereocenters. The molecule has 0 aromatic rings. The summed E-state index contributed by atoms with van der Waals surface area (Å²) in [6.07, 6.45) is 12.4. The highest BCUT2D eigenvalue weighted by Crippen LogP contribution is 2.74. The van der Waals surface area contributed by atoms with Crippen LogP contribution in [0.2, 0.25) is 0 Å². The van der Waals surface area contributed by atoms with E-state index in [1.54, 1.807) is 0 Å². The van der Waals surface area contributed by atoms with Gasteiger partial charge in [0.25, 0.3) is 0 Å². The van der Waals surface area contributed by atoms with Crippen LogP contribution in [0.25, 0.3) is 0 Å². The van der Waals surface area contributed by atoms with Crippen molar-refractivity contribution in [3.05, 3.63) is 23.3 Å². The average molecular weight is 469 g/mol. The van der Waals surface area contributed by atoms with Crippen molar-refractivity contribution >= 4 is 5.97 Å². The average Bonchev–Trinajstić information content (AvgIpc) is 3.05. The van der Waals surface area contributed by atoms with Crippen LogP contribution in [0.3, 0.4) is 0 Å². The van der Waals surface area contributed by atoms with E-state index in [0.717, 1.165) is 51.4 Å². The third-order valence-electron chi connectivity index (χ3n) is 13.1. The van der Waals surface area contributed by atoms with Crippen LogP contribution in [-0.2, 0) is 9.53 Å². The van der Waals surface area contributed by atoms with E-state index in [1.165, 1.54) is 11.1 Å². The van der Waals surface area contributed by atoms with Gasteiger partial charge in [0.1, 0.15) is 6.10 Å². The zero-order valence-corrected chi connectivity index (χ0v) is 22.0. The van der Waals surface area contributed by atoms with Gasteiger partial charge in [-0.1, -0.05) is 52.3 Å².